The molecule has 4 fully saturated rings. The average Bonchev–Trinajstić information content (AvgIpc) is 3.04. The van der Waals surface area contributed by atoms with Crippen molar-refractivity contribution in [3.05, 3.63) is 11.6 Å². The molecule has 1 N–H and O–H groups in total. The summed E-state index contributed by atoms with van der Waals surface area (Å²) in [6.07, 6.45) is -1.15. The second-order valence-corrected chi connectivity index (χ2v) is 11.4. The van der Waals surface area contributed by atoms with Crippen molar-refractivity contribution in [3.8, 4) is 0 Å². The molecule has 10 heteroatoms. The lowest BCUT2D eigenvalue weighted by molar-refractivity contribution is -0.339. The Balaban J connectivity index is 1.75. The van der Waals surface area contributed by atoms with Gasteiger partial charge >= 0.3 is 23.9 Å². The van der Waals surface area contributed by atoms with Gasteiger partial charge in [0.25, 0.3) is 0 Å². The van der Waals surface area contributed by atoms with E-state index in [0.717, 1.165) is 5.57 Å². The number of allylic oxidation sites excluding steroid dienone is 1. The van der Waals surface area contributed by atoms with Crippen molar-refractivity contribution in [1.29, 1.82) is 0 Å². The second-order valence-electron chi connectivity index (χ2n) is 11.4. The molecule has 2 bridgehead atoms. The fourth-order valence-corrected chi connectivity index (χ4v) is 8.67. The molecule has 0 unspecified atom stereocenters. The number of carbonyl (C=O) groups excluding carboxylic acids is 4. The van der Waals surface area contributed by atoms with Gasteiger partial charge in [-0.25, -0.2) is 0 Å². The van der Waals surface area contributed by atoms with Gasteiger partial charge in [0.05, 0.1) is 6.61 Å². The van der Waals surface area contributed by atoms with Gasteiger partial charge in [-0.15, -0.1) is 0 Å². The Hall–Kier alpha value is -2.46. The number of fused-ring (bicyclic) bond motifs is 1. The van der Waals surface area contributed by atoms with E-state index in [-0.39, 0.29) is 30.8 Å². The van der Waals surface area contributed by atoms with Gasteiger partial charge in [-0.2, -0.15) is 0 Å². The highest BCUT2D eigenvalue weighted by atomic mass is 16.7. The van der Waals surface area contributed by atoms with Gasteiger partial charge in [0.2, 0.25) is 5.79 Å². The smallest absolute Gasteiger partial charge is 0.306 e. The van der Waals surface area contributed by atoms with Gasteiger partial charge in [0.1, 0.15) is 12.2 Å². The minimum Gasteiger partial charge on any atom is -0.462 e. The van der Waals surface area contributed by atoms with Crippen molar-refractivity contribution in [1.82, 2.24) is 0 Å². The molecule has 10 nitrogen and oxygen atoms in total. The standard InChI is InChI=1S/C26H34O10/c1-11-7-18(33-13(3)27)22(35-15(5)29)24(6)16(11)8-19-25-10-32-26(31,23(24)25)21(34-14(4)28)12(2)17(25)9-20(30)36-19/h7,12,16-19,21-23,31H,8-10H2,1-6H3/t12-,16+,17-,18-,19-,21+,22+,23+,24+,25-,26+/m1/s1. The van der Waals surface area contributed by atoms with Crippen LogP contribution in [0.5, 0.6) is 0 Å². The molecule has 36 heavy (non-hydrogen) atoms. The molecular weight excluding hydrogens is 472 g/mol. The second kappa shape index (κ2) is 8.02. The first-order valence-corrected chi connectivity index (χ1v) is 12.5. The third-order valence-electron chi connectivity index (χ3n) is 9.57. The van der Waals surface area contributed by atoms with Crippen LogP contribution in [0.15, 0.2) is 11.6 Å². The Morgan fingerprint density at radius 3 is 2.28 bits per heavy atom. The summed E-state index contributed by atoms with van der Waals surface area (Å²) in [5.41, 5.74) is -0.945. The highest BCUT2D eigenvalue weighted by Crippen LogP contribution is 2.74. The summed E-state index contributed by atoms with van der Waals surface area (Å²) >= 11 is 0. The van der Waals surface area contributed by atoms with Crippen LogP contribution in [0.3, 0.4) is 0 Å². The van der Waals surface area contributed by atoms with Gasteiger partial charge in [0, 0.05) is 49.9 Å². The highest BCUT2D eigenvalue weighted by molar-refractivity contribution is 5.72. The van der Waals surface area contributed by atoms with Gasteiger partial charge < -0.3 is 28.8 Å². The van der Waals surface area contributed by atoms with E-state index >= 15 is 0 Å². The van der Waals surface area contributed by atoms with E-state index in [9.17, 15) is 24.3 Å². The predicted octanol–water partition coefficient (Wildman–Crippen LogP) is 1.67. The highest BCUT2D eigenvalue weighted by Gasteiger charge is 2.83. The molecule has 2 saturated heterocycles. The zero-order valence-electron chi connectivity index (χ0n) is 21.4. The lowest BCUT2D eigenvalue weighted by Crippen LogP contribution is -2.76. The van der Waals surface area contributed by atoms with E-state index < -0.39 is 70.8 Å². The minimum absolute atomic E-state index is 0.0898. The SMILES string of the molecule is CC(=O)O[C@@H]1C=C(C)[C@@H]2C[C@H]3OC(=O)C[C@@H]4[C@@H](C)[C@H](OC(C)=O)[C@]5(O)OC[C@@]43[C@@H]5[C@]2(C)[C@H]1OC(C)=O. The lowest BCUT2D eigenvalue weighted by atomic mass is 9.38. The number of hydrogen-bond acceptors (Lipinski definition) is 10. The first-order chi connectivity index (χ1) is 16.8. The van der Waals surface area contributed by atoms with Gasteiger partial charge in [-0.3, -0.25) is 19.2 Å². The van der Waals surface area contributed by atoms with Crippen molar-refractivity contribution in [2.45, 2.75) is 84.6 Å². The number of esters is 4. The van der Waals surface area contributed by atoms with Crippen molar-refractivity contribution in [2.24, 2.45) is 34.5 Å². The minimum atomic E-state index is -1.94. The van der Waals surface area contributed by atoms with Crippen LogP contribution in [0.25, 0.3) is 0 Å². The number of carbonyl (C=O) groups is 4. The summed E-state index contributed by atoms with van der Waals surface area (Å²) in [6, 6.07) is 0. The molecule has 0 radical (unpaired) electrons. The number of ether oxygens (including phenoxy) is 5. The Morgan fingerprint density at radius 1 is 1.06 bits per heavy atom. The normalized spacial score (nSPS) is 48.5. The van der Waals surface area contributed by atoms with Crippen LogP contribution in [0.2, 0.25) is 0 Å². The number of hydrogen-bond donors (Lipinski definition) is 1. The molecule has 3 aliphatic carbocycles. The molecule has 1 spiro atoms. The Bertz CT molecular complexity index is 1050. The Kier molecular flexibility index (Phi) is 5.61. The molecule has 11 atom stereocenters. The molecule has 0 aromatic carbocycles. The van der Waals surface area contributed by atoms with Crippen LogP contribution >= 0.6 is 0 Å². The van der Waals surface area contributed by atoms with Crippen LogP contribution in [-0.2, 0) is 42.9 Å². The fourth-order valence-electron chi connectivity index (χ4n) is 8.67. The van der Waals surface area contributed by atoms with Gasteiger partial charge in [-0.05, 0) is 31.3 Å². The molecule has 2 heterocycles. The maximum Gasteiger partial charge on any atom is 0.306 e. The largest absolute Gasteiger partial charge is 0.462 e. The zero-order chi connectivity index (χ0) is 26.4. The molecule has 5 rings (SSSR count). The van der Waals surface area contributed by atoms with Crippen molar-refractivity contribution in [2.75, 3.05) is 6.61 Å². The third kappa shape index (κ3) is 3.16. The molecule has 2 aliphatic heterocycles. The molecular formula is C26H34O10. The van der Waals surface area contributed by atoms with Crippen LogP contribution in [0, 0.1) is 34.5 Å². The van der Waals surface area contributed by atoms with Crippen molar-refractivity contribution in [3.63, 3.8) is 0 Å². The maximum absolute atomic E-state index is 12.8. The summed E-state index contributed by atoms with van der Waals surface area (Å²) in [4.78, 5) is 49.3. The third-order valence-corrected chi connectivity index (χ3v) is 9.57. The zero-order valence-corrected chi connectivity index (χ0v) is 21.4. The summed E-state index contributed by atoms with van der Waals surface area (Å²) in [5, 5.41) is 12.3. The van der Waals surface area contributed by atoms with Crippen molar-refractivity contribution < 1.29 is 48.0 Å². The van der Waals surface area contributed by atoms with E-state index in [4.69, 9.17) is 23.7 Å². The summed E-state index contributed by atoms with van der Waals surface area (Å²) in [7, 11) is 0. The van der Waals surface area contributed by atoms with Crippen molar-refractivity contribution >= 4 is 23.9 Å². The Labute approximate surface area is 209 Å². The van der Waals surface area contributed by atoms with Crippen LogP contribution < -0.4 is 0 Å². The summed E-state index contributed by atoms with van der Waals surface area (Å²) in [6.45, 7) is 9.59. The van der Waals surface area contributed by atoms with Gasteiger partial charge in [0.15, 0.2) is 12.2 Å². The topological polar surface area (TPSA) is 135 Å². The van der Waals surface area contributed by atoms with E-state index in [1.165, 1.54) is 20.8 Å². The fraction of sp³-hybridized carbons (Fsp3) is 0.769. The quantitative estimate of drug-likeness (QED) is 0.342. The molecule has 0 aromatic heterocycles. The van der Waals surface area contributed by atoms with Crippen LogP contribution in [0.4, 0.5) is 0 Å². The summed E-state index contributed by atoms with van der Waals surface area (Å²) in [5.74, 6) is -5.72. The van der Waals surface area contributed by atoms with E-state index in [0.29, 0.717) is 6.42 Å². The number of rotatable bonds is 3. The molecule has 5 aliphatic rings. The van der Waals surface area contributed by atoms with E-state index in [1.807, 2.05) is 20.8 Å². The van der Waals surface area contributed by atoms with Gasteiger partial charge in [-0.1, -0.05) is 19.4 Å². The summed E-state index contributed by atoms with van der Waals surface area (Å²) < 4.78 is 29.4. The van der Waals surface area contributed by atoms with Crippen LogP contribution in [-0.4, -0.2) is 65.8 Å². The van der Waals surface area contributed by atoms with Crippen LogP contribution in [0.1, 0.15) is 54.4 Å². The Morgan fingerprint density at radius 2 is 1.67 bits per heavy atom. The number of aliphatic hydroxyl groups is 1. The lowest BCUT2D eigenvalue weighted by Gasteiger charge is -2.68. The first kappa shape index (κ1) is 25.2. The average molecular weight is 507 g/mol. The monoisotopic (exact) mass is 506 g/mol. The van der Waals surface area contributed by atoms with E-state index in [1.54, 1.807) is 6.08 Å². The molecule has 0 amide bonds. The molecule has 2 saturated carbocycles. The first-order valence-electron chi connectivity index (χ1n) is 12.5. The predicted molar refractivity (Wildman–Crippen MR) is 121 cm³/mol. The maximum atomic E-state index is 12.8. The molecule has 0 aromatic rings. The molecule has 198 valence electrons. The van der Waals surface area contributed by atoms with E-state index in [2.05, 4.69) is 0 Å².